The average molecular weight is 258 g/mol. The number of hydrogen-bond acceptors (Lipinski definition) is 4. The Morgan fingerprint density at radius 1 is 0.824 bits per heavy atom. The SMILES string of the molecule is Cc1cc(-c2nccs2)cc(-c2nccs2)c1. The Balaban J connectivity index is 2.13. The second kappa shape index (κ2) is 4.39. The fourth-order valence-corrected chi connectivity index (χ4v) is 3.01. The molecule has 4 heteroatoms. The zero-order valence-corrected chi connectivity index (χ0v) is 10.9. The third kappa shape index (κ3) is 2.14. The summed E-state index contributed by atoms with van der Waals surface area (Å²) in [5, 5.41) is 6.12. The van der Waals surface area contributed by atoms with Crippen molar-refractivity contribution in [1.29, 1.82) is 0 Å². The van der Waals surface area contributed by atoms with Crippen LogP contribution < -0.4 is 0 Å². The molecular weight excluding hydrogens is 248 g/mol. The van der Waals surface area contributed by atoms with Crippen LogP contribution in [-0.2, 0) is 0 Å². The molecule has 0 fully saturated rings. The highest BCUT2D eigenvalue weighted by Gasteiger charge is 2.06. The monoisotopic (exact) mass is 258 g/mol. The van der Waals surface area contributed by atoms with Crippen molar-refractivity contribution in [2.75, 3.05) is 0 Å². The third-order valence-corrected chi connectivity index (χ3v) is 4.08. The van der Waals surface area contributed by atoms with E-state index >= 15 is 0 Å². The Morgan fingerprint density at radius 2 is 1.35 bits per heavy atom. The van der Waals surface area contributed by atoms with Crippen molar-refractivity contribution in [3.05, 3.63) is 46.9 Å². The van der Waals surface area contributed by atoms with Crippen LogP contribution in [0.15, 0.2) is 41.4 Å². The van der Waals surface area contributed by atoms with Gasteiger partial charge in [-0.05, 0) is 30.7 Å². The zero-order valence-electron chi connectivity index (χ0n) is 9.25. The number of rotatable bonds is 2. The van der Waals surface area contributed by atoms with Gasteiger partial charge in [-0.25, -0.2) is 9.97 Å². The van der Waals surface area contributed by atoms with Crippen LogP contribution in [0.2, 0.25) is 0 Å². The molecule has 0 saturated carbocycles. The van der Waals surface area contributed by atoms with E-state index in [1.54, 1.807) is 22.7 Å². The predicted molar refractivity (Wildman–Crippen MR) is 73.4 cm³/mol. The molecule has 0 N–H and O–H groups in total. The van der Waals surface area contributed by atoms with Crippen LogP contribution in [-0.4, -0.2) is 9.97 Å². The van der Waals surface area contributed by atoms with Gasteiger partial charge in [-0.3, -0.25) is 0 Å². The summed E-state index contributed by atoms with van der Waals surface area (Å²) in [6.07, 6.45) is 3.68. The summed E-state index contributed by atoms with van der Waals surface area (Å²) < 4.78 is 0. The standard InChI is InChI=1S/C13H10N2S2/c1-9-6-10(12-14-2-4-16-12)8-11(7-9)13-15-3-5-17-13/h2-8H,1H3. The first-order valence-electron chi connectivity index (χ1n) is 5.24. The van der Waals surface area contributed by atoms with Gasteiger partial charge in [0.05, 0.1) is 0 Å². The maximum absolute atomic E-state index is 4.35. The molecule has 17 heavy (non-hydrogen) atoms. The van der Waals surface area contributed by atoms with Crippen LogP contribution in [0, 0.1) is 6.92 Å². The van der Waals surface area contributed by atoms with E-state index in [0.717, 1.165) is 10.0 Å². The summed E-state index contributed by atoms with van der Waals surface area (Å²) >= 11 is 3.33. The van der Waals surface area contributed by atoms with Crippen molar-refractivity contribution < 1.29 is 0 Å². The summed E-state index contributed by atoms with van der Waals surface area (Å²) in [5.74, 6) is 0. The van der Waals surface area contributed by atoms with Gasteiger partial charge in [-0.2, -0.15) is 0 Å². The van der Waals surface area contributed by atoms with Gasteiger partial charge in [0.25, 0.3) is 0 Å². The van der Waals surface area contributed by atoms with Crippen molar-refractivity contribution >= 4 is 22.7 Å². The summed E-state index contributed by atoms with van der Waals surface area (Å²) in [6, 6.07) is 6.48. The highest BCUT2D eigenvalue weighted by Crippen LogP contribution is 2.29. The average Bonchev–Trinajstić information content (AvgIpc) is 3.02. The Labute approximate surface area is 108 Å². The molecule has 2 heterocycles. The van der Waals surface area contributed by atoms with Gasteiger partial charge in [-0.15, -0.1) is 22.7 Å². The van der Waals surface area contributed by atoms with Crippen molar-refractivity contribution in [1.82, 2.24) is 9.97 Å². The van der Waals surface area contributed by atoms with E-state index in [2.05, 4.69) is 35.1 Å². The number of thiazole rings is 2. The number of hydrogen-bond donors (Lipinski definition) is 0. The molecule has 0 radical (unpaired) electrons. The molecule has 3 aromatic rings. The molecule has 0 bridgehead atoms. The Morgan fingerprint density at radius 3 is 1.76 bits per heavy atom. The van der Waals surface area contributed by atoms with E-state index < -0.39 is 0 Å². The largest absolute Gasteiger partial charge is 0.245 e. The molecule has 0 saturated heterocycles. The minimum absolute atomic E-state index is 1.06. The highest BCUT2D eigenvalue weighted by atomic mass is 32.1. The van der Waals surface area contributed by atoms with Gasteiger partial charge in [0.15, 0.2) is 0 Å². The number of aryl methyl sites for hydroxylation is 1. The van der Waals surface area contributed by atoms with E-state index in [0.29, 0.717) is 0 Å². The fourth-order valence-electron chi connectivity index (χ4n) is 1.76. The molecule has 3 rings (SSSR count). The Hall–Kier alpha value is -1.52. The molecule has 84 valence electrons. The van der Waals surface area contributed by atoms with Crippen LogP contribution in [0.5, 0.6) is 0 Å². The van der Waals surface area contributed by atoms with Gasteiger partial charge < -0.3 is 0 Å². The lowest BCUT2D eigenvalue weighted by molar-refractivity contribution is 1.37. The second-order valence-electron chi connectivity index (χ2n) is 3.76. The lowest BCUT2D eigenvalue weighted by atomic mass is 10.1. The number of nitrogens with zero attached hydrogens (tertiary/aromatic N) is 2. The lowest BCUT2D eigenvalue weighted by Gasteiger charge is -2.03. The van der Waals surface area contributed by atoms with Gasteiger partial charge in [0.2, 0.25) is 0 Å². The molecule has 0 amide bonds. The third-order valence-electron chi connectivity index (χ3n) is 2.44. The summed E-state index contributed by atoms with van der Waals surface area (Å²) in [4.78, 5) is 8.70. The van der Waals surface area contributed by atoms with E-state index in [1.807, 2.05) is 23.2 Å². The maximum Gasteiger partial charge on any atom is 0.123 e. The van der Waals surface area contributed by atoms with E-state index in [9.17, 15) is 0 Å². The highest BCUT2D eigenvalue weighted by molar-refractivity contribution is 7.13. The van der Waals surface area contributed by atoms with E-state index in [-0.39, 0.29) is 0 Å². The quantitative estimate of drug-likeness (QED) is 0.687. The summed E-state index contributed by atoms with van der Waals surface area (Å²) in [6.45, 7) is 2.11. The molecule has 0 aliphatic carbocycles. The van der Waals surface area contributed by atoms with Crippen LogP contribution in [0.3, 0.4) is 0 Å². The Kier molecular flexibility index (Phi) is 2.74. The molecular formula is C13H10N2S2. The molecule has 0 aliphatic rings. The van der Waals surface area contributed by atoms with Crippen LogP contribution in [0.1, 0.15) is 5.56 Å². The van der Waals surface area contributed by atoms with Crippen molar-refractivity contribution in [3.8, 4) is 21.1 Å². The predicted octanol–water partition coefficient (Wildman–Crippen LogP) is 4.24. The Bertz CT molecular complexity index is 560. The maximum atomic E-state index is 4.35. The van der Waals surface area contributed by atoms with E-state index in [4.69, 9.17) is 0 Å². The minimum Gasteiger partial charge on any atom is -0.245 e. The lowest BCUT2D eigenvalue weighted by Crippen LogP contribution is -1.83. The molecule has 0 spiro atoms. The van der Waals surface area contributed by atoms with Crippen LogP contribution in [0.25, 0.3) is 21.1 Å². The second-order valence-corrected chi connectivity index (χ2v) is 5.55. The van der Waals surface area contributed by atoms with Crippen molar-refractivity contribution in [3.63, 3.8) is 0 Å². The first-order chi connectivity index (χ1) is 8.33. The molecule has 1 aromatic carbocycles. The minimum atomic E-state index is 1.06. The first-order valence-corrected chi connectivity index (χ1v) is 7.00. The van der Waals surface area contributed by atoms with Crippen LogP contribution in [0.4, 0.5) is 0 Å². The topological polar surface area (TPSA) is 25.8 Å². The molecule has 0 aliphatic heterocycles. The summed E-state index contributed by atoms with van der Waals surface area (Å²) in [5.41, 5.74) is 3.58. The normalized spacial score (nSPS) is 10.6. The fraction of sp³-hybridized carbons (Fsp3) is 0.0769. The number of aromatic nitrogens is 2. The summed E-state index contributed by atoms with van der Waals surface area (Å²) in [7, 11) is 0. The van der Waals surface area contributed by atoms with Gasteiger partial charge >= 0.3 is 0 Å². The van der Waals surface area contributed by atoms with Crippen LogP contribution >= 0.6 is 22.7 Å². The van der Waals surface area contributed by atoms with Crippen molar-refractivity contribution in [2.24, 2.45) is 0 Å². The smallest absolute Gasteiger partial charge is 0.123 e. The molecule has 2 nitrogen and oxygen atoms in total. The van der Waals surface area contributed by atoms with Gasteiger partial charge in [0, 0.05) is 34.3 Å². The molecule has 2 aromatic heterocycles. The molecule has 0 atom stereocenters. The van der Waals surface area contributed by atoms with E-state index in [1.165, 1.54) is 16.7 Å². The number of benzene rings is 1. The zero-order chi connectivity index (χ0) is 11.7. The van der Waals surface area contributed by atoms with Gasteiger partial charge in [-0.1, -0.05) is 0 Å². The first kappa shape index (κ1) is 10.6. The van der Waals surface area contributed by atoms with Crippen molar-refractivity contribution in [2.45, 2.75) is 6.92 Å². The molecule has 0 unspecified atom stereocenters. The van der Waals surface area contributed by atoms with Gasteiger partial charge in [0.1, 0.15) is 10.0 Å².